The molecule has 1 rings (SSSR count). The largest absolute Gasteiger partial charge is 0.328 e. The molecule has 1 saturated carbocycles. The highest BCUT2D eigenvalue weighted by Gasteiger charge is 2.13. The van der Waals surface area contributed by atoms with E-state index in [1.807, 2.05) is 0 Å². The minimum atomic E-state index is -2.18. The van der Waals surface area contributed by atoms with Gasteiger partial charge in [0.1, 0.15) is 0 Å². The van der Waals surface area contributed by atoms with E-state index in [-0.39, 0.29) is 12.4 Å². The van der Waals surface area contributed by atoms with Crippen LogP contribution < -0.4 is 5.73 Å². The third kappa shape index (κ3) is 2.04. The maximum atomic E-state index is 6.88. The normalized spacial score (nSPS) is 62.2. The molecular formula is C3H8ClN. The molecule has 0 spiro atoms. The van der Waals surface area contributed by atoms with Gasteiger partial charge in [-0.05, 0) is 12.7 Å². The summed E-state index contributed by atoms with van der Waals surface area (Å²) in [5.41, 5.74) is 4.94. The topological polar surface area (TPSA) is 26.0 Å². The second kappa shape index (κ2) is 1.63. The van der Waals surface area contributed by atoms with Crippen molar-refractivity contribution < 1.29 is 6.85 Å². The zero-order valence-electron chi connectivity index (χ0n) is 7.49. The molecule has 5 heavy (non-hydrogen) atoms. The molecule has 0 radical (unpaired) electrons. The summed E-state index contributed by atoms with van der Waals surface area (Å²) >= 11 is 0. The SMILES string of the molecule is Cl.[2H]C1([2H])C([2H])([2H])C1([2H])N. The molecule has 1 aliphatic rings. The second-order valence-electron chi connectivity index (χ2n) is 0.664. The lowest BCUT2D eigenvalue weighted by molar-refractivity contribution is 1.07. The van der Waals surface area contributed by atoms with E-state index in [0.29, 0.717) is 0 Å². The molecule has 0 aromatic rings. The van der Waals surface area contributed by atoms with E-state index in [1.54, 1.807) is 0 Å². The first-order chi connectivity index (χ1) is 3.75. The number of hydrogen-bond acceptors (Lipinski definition) is 1. The first kappa shape index (κ1) is 1.11. The van der Waals surface area contributed by atoms with Crippen LogP contribution in [0.5, 0.6) is 0 Å². The second-order valence-corrected chi connectivity index (χ2v) is 0.664. The third-order valence-corrected chi connectivity index (χ3v) is 0.269. The molecule has 2 heteroatoms. The minimum Gasteiger partial charge on any atom is -0.328 e. The summed E-state index contributed by atoms with van der Waals surface area (Å²) in [4.78, 5) is 0. The molecule has 0 bridgehead atoms. The van der Waals surface area contributed by atoms with Crippen LogP contribution in [0.15, 0.2) is 0 Å². The van der Waals surface area contributed by atoms with Gasteiger partial charge >= 0.3 is 0 Å². The Kier molecular flexibility index (Phi) is 0.361. The van der Waals surface area contributed by atoms with E-state index >= 15 is 0 Å². The first-order valence-corrected chi connectivity index (χ1v) is 1.04. The Labute approximate surface area is 45.0 Å². The van der Waals surface area contributed by atoms with Gasteiger partial charge in [0, 0.05) is 12.9 Å². The van der Waals surface area contributed by atoms with Crippen LogP contribution in [0, 0.1) is 0 Å². The fraction of sp³-hybridized carbons (Fsp3) is 1.00. The highest BCUT2D eigenvalue weighted by Crippen LogP contribution is 2.13. The van der Waals surface area contributed by atoms with E-state index in [0.717, 1.165) is 0 Å². The molecule has 0 saturated heterocycles. The summed E-state index contributed by atoms with van der Waals surface area (Å²) in [7, 11) is 0. The minimum absolute atomic E-state index is 0. The summed E-state index contributed by atoms with van der Waals surface area (Å²) in [6.45, 7) is 0. The Bertz CT molecular complexity index is 114. The molecule has 1 fully saturated rings. The Morgan fingerprint density at radius 3 is 2.20 bits per heavy atom. The Morgan fingerprint density at radius 1 is 2.00 bits per heavy atom. The van der Waals surface area contributed by atoms with Crippen molar-refractivity contribution in [2.45, 2.75) is 18.8 Å². The zero-order chi connectivity index (χ0) is 7.50. The maximum Gasteiger partial charge on any atom is 0.0462 e. The standard InChI is InChI=1S/C3H7N.ClH/c4-3-1-2-3;/h3H,1-2,4H2;1H/i1D2,2D2,3D;. The van der Waals surface area contributed by atoms with Gasteiger partial charge in [0.25, 0.3) is 0 Å². The number of halogens is 1. The quantitative estimate of drug-likeness (QED) is 0.470. The molecule has 0 aromatic heterocycles. The van der Waals surface area contributed by atoms with E-state index in [9.17, 15) is 0 Å². The van der Waals surface area contributed by atoms with Crippen molar-refractivity contribution in [1.82, 2.24) is 0 Å². The fourth-order valence-electron chi connectivity index (χ4n) is 0.0361. The van der Waals surface area contributed by atoms with Crippen LogP contribution in [-0.4, -0.2) is 6.02 Å². The van der Waals surface area contributed by atoms with Gasteiger partial charge in [0.2, 0.25) is 0 Å². The summed E-state index contributed by atoms with van der Waals surface area (Å²) < 4.78 is 34.2. The van der Waals surface area contributed by atoms with Crippen molar-refractivity contribution in [3.8, 4) is 0 Å². The van der Waals surface area contributed by atoms with Crippen LogP contribution in [0.2, 0.25) is 0 Å². The molecule has 0 unspecified atom stereocenters. The molecule has 0 heterocycles. The van der Waals surface area contributed by atoms with Crippen molar-refractivity contribution in [2.24, 2.45) is 5.73 Å². The fourth-order valence-corrected chi connectivity index (χ4v) is 0.0361. The first-order valence-electron chi connectivity index (χ1n) is 3.54. The van der Waals surface area contributed by atoms with Crippen molar-refractivity contribution in [3.63, 3.8) is 0 Å². The summed E-state index contributed by atoms with van der Waals surface area (Å²) in [5.74, 6) is 0. The molecule has 0 atom stereocenters. The van der Waals surface area contributed by atoms with Crippen LogP contribution >= 0.6 is 12.4 Å². The molecule has 1 aliphatic carbocycles. The lowest BCUT2D eigenvalue weighted by atomic mass is 10.8. The van der Waals surface area contributed by atoms with Crippen LogP contribution in [0.25, 0.3) is 0 Å². The van der Waals surface area contributed by atoms with Gasteiger partial charge < -0.3 is 5.73 Å². The maximum absolute atomic E-state index is 6.88. The molecule has 0 aliphatic heterocycles. The predicted molar refractivity (Wildman–Crippen MR) is 24.5 cm³/mol. The Balaban J connectivity index is 0.000000810. The van der Waals surface area contributed by atoms with E-state index in [4.69, 9.17) is 12.6 Å². The van der Waals surface area contributed by atoms with Crippen LogP contribution in [0.1, 0.15) is 19.6 Å². The summed E-state index contributed by atoms with van der Waals surface area (Å²) in [6.07, 6.45) is -4.36. The third-order valence-electron chi connectivity index (χ3n) is 0.269. The van der Waals surface area contributed by atoms with Crippen LogP contribution in [0.3, 0.4) is 0 Å². The number of hydrogen-bond donors (Lipinski definition) is 1. The highest BCUT2D eigenvalue weighted by molar-refractivity contribution is 5.85. The summed E-state index contributed by atoms with van der Waals surface area (Å²) in [6, 6.07) is -2.04. The zero-order valence-corrected chi connectivity index (χ0v) is 3.30. The molecule has 32 valence electrons. The summed E-state index contributed by atoms with van der Waals surface area (Å²) in [5, 5.41) is 0. The predicted octanol–water partition coefficient (Wildman–Crippen LogP) is 0.529. The van der Waals surface area contributed by atoms with E-state index in [2.05, 4.69) is 0 Å². The highest BCUT2D eigenvalue weighted by atomic mass is 35.5. The van der Waals surface area contributed by atoms with E-state index in [1.165, 1.54) is 0 Å². The van der Waals surface area contributed by atoms with E-state index < -0.39 is 18.8 Å². The number of nitrogens with two attached hydrogens (primary N) is 1. The average molecular weight is 98.6 g/mol. The van der Waals surface area contributed by atoms with Crippen LogP contribution in [0.4, 0.5) is 0 Å². The molecule has 0 aromatic carbocycles. The molecule has 1 nitrogen and oxygen atoms in total. The lowest BCUT2D eigenvalue weighted by Gasteiger charge is -1.58. The lowest BCUT2D eigenvalue weighted by Crippen LogP contribution is -1.94. The van der Waals surface area contributed by atoms with Crippen LogP contribution in [-0.2, 0) is 0 Å². The van der Waals surface area contributed by atoms with Gasteiger partial charge in [-0.3, -0.25) is 0 Å². The van der Waals surface area contributed by atoms with Crippen molar-refractivity contribution in [2.75, 3.05) is 0 Å². The van der Waals surface area contributed by atoms with Gasteiger partial charge in [-0.25, -0.2) is 0 Å². The Hall–Kier alpha value is 0.250. The smallest absolute Gasteiger partial charge is 0.0462 e. The molecule has 2 N–H and O–H groups in total. The van der Waals surface area contributed by atoms with Gasteiger partial charge in [-0.15, -0.1) is 12.4 Å². The van der Waals surface area contributed by atoms with Gasteiger partial charge in [-0.2, -0.15) is 0 Å². The molecular weight excluding hydrogens is 85.5 g/mol. The van der Waals surface area contributed by atoms with Crippen molar-refractivity contribution >= 4 is 12.4 Å². The van der Waals surface area contributed by atoms with Crippen molar-refractivity contribution in [3.05, 3.63) is 0 Å². The van der Waals surface area contributed by atoms with Gasteiger partial charge in [0.15, 0.2) is 0 Å². The van der Waals surface area contributed by atoms with Gasteiger partial charge in [0.05, 0.1) is 0 Å². The van der Waals surface area contributed by atoms with Gasteiger partial charge in [-0.1, -0.05) is 0 Å². The average Bonchev–Trinajstić information content (AvgIpc) is 1.84. The number of rotatable bonds is 0. The Morgan fingerprint density at radius 2 is 2.20 bits per heavy atom. The monoisotopic (exact) mass is 98.1 g/mol. The van der Waals surface area contributed by atoms with Crippen molar-refractivity contribution in [1.29, 1.82) is 0 Å². The molecule has 0 amide bonds.